The zero-order valence-electron chi connectivity index (χ0n) is 12.3. The molecule has 2 N–H and O–H groups in total. The van der Waals surface area contributed by atoms with E-state index in [0.717, 1.165) is 12.1 Å². The summed E-state index contributed by atoms with van der Waals surface area (Å²) in [6.07, 6.45) is -0.509. The highest BCUT2D eigenvalue weighted by Gasteiger charge is 2.30. The topological polar surface area (TPSA) is 80.3 Å². The van der Waals surface area contributed by atoms with E-state index >= 15 is 0 Å². The summed E-state index contributed by atoms with van der Waals surface area (Å²) in [6, 6.07) is 2.03. The van der Waals surface area contributed by atoms with Gasteiger partial charge in [0.1, 0.15) is 5.82 Å². The van der Waals surface area contributed by atoms with E-state index in [4.69, 9.17) is 0 Å². The Kier molecular flexibility index (Phi) is 7.04. The first-order valence-corrected chi connectivity index (χ1v) is 6.61. The number of nitrogens with zero attached hydrogens (tertiary/aromatic N) is 1. The van der Waals surface area contributed by atoms with Crippen LogP contribution in [-0.4, -0.2) is 37.1 Å². The van der Waals surface area contributed by atoms with Crippen molar-refractivity contribution in [3.8, 4) is 0 Å². The lowest BCUT2D eigenvalue weighted by Crippen LogP contribution is -2.30. The number of amides is 1. The molecule has 1 aromatic heterocycles. The Morgan fingerprint density at radius 3 is 2.65 bits per heavy atom. The maximum atomic E-state index is 12.3. The molecule has 0 aliphatic carbocycles. The number of ether oxygens (including phenoxy) is 1. The van der Waals surface area contributed by atoms with E-state index in [1.54, 1.807) is 6.08 Å². The van der Waals surface area contributed by atoms with Gasteiger partial charge in [0.25, 0.3) is 0 Å². The van der Waals surface area contributed by atoms with E-state index in [1.165, 1.54) is 13.2 Å². The Morgan fingerprint density at radius 1 is 1.35 bits per heavy atom. The molecule has 0 bridgehead atoms. The van der Waals surface area contributed by atoms with Crippen molar-refractivity contribution in [2.75, 3.05) is 25.5 Å². The zero-order chi connectivity index (χ0) is 17.3. The molecule has 1 rings (SSSR count). The van der Waals surface area contributed by atoms with Gasteiger partial charge in [-0.25, -0.2) is 9.78 Å². The molecule has 0 aliphatic heterocycles. The van der Waals surface area contributed by atoms with Gasteiger partial charge in [-0.05, 0) is 18.6 Å². The van der Waals surface area contributed by atoms with Gasteiger partial charge in [0.15, 0.2) is 0 Å². The smallest absolute Gasteiger partial charge is 0.417 e. The Bertz CT molecular complexity index is 557. The number of methoxy groups -OCH3 is 1. The molecule has 0 atom stereocenters. The quantitative estimate of drug-likeness (QED) is 0.452. The summed E-state index contributed by atoms with van der Waals surface area (Å²) in [5, 5.41) is 5.18. The summed E-state index contributed by atoms with van der Waals surface area (Å²) >= 11 is 0. The minimum Gasteiger partial charge on any atom is -0.466 e. The first-order valence-electron chi connectivity index (χ1n) is 6.61. The summed E-state index contributed by atoms with van der Waals surface area (Å²) in [5.41, 5.74) is -0.857. The largest absolute Gasteiger partial charge is 0.466 e. The van der Waals surface area contributed by atoms with Crippen LogP contribution >= 0.6 is 0 Å². The average Bonchev–Trinajstić information content (AvgIpc) is 2.51. The molecular weight excluding hydrogens is 315 g/mol. The molecule has 1 amide bonds. The normalized spacial score (nSPS) is 11.3. The molecule has 126 valence electrons. The number of pyridine rings is 1. The number of carbonyl (C=O) groups is 2. The highest BCUT2D eigenvalue weighted by atomic mass is 19.4. The molecule has 1 heterocycles. The Labute approximate surface area is 130 Å². The van der Waals surface area contributed by atoms with Gasteiger partial charge in [-0.3, -0.25) is 4.79 Å². The second-order valence-electron chi connectivity index (χ2n) is 4.35. The van der Waals surface area contributed by atoms with Gasteiger partial charge in [-0.2, -0.15) is 13.2 Å². The predicted octanol–water partition coefficient (Wildman–Crippen LogP) is 1.75. The lowest BCUT2D eigenvalue weighted by Gasteiger charge is -2.08. The van der Waals surface area contributed by atoms with Crippen LogP contribution in [0.5, 0.6) is 0 Å². The fourth-order valence-electron chi connectivity index (χ4n) is 1.44. The number of aromatic nitrogens is 1. The molecule has 6 nitrogen and oxygen atoms in total. The van der Waals surface area contributed by atoms with Gasteiger partial charge >= 0.3 is 12.1 Å². The third-order valence-corrected chi connectivity index (χ3v) is 2.61. The average molecular weight is 331 g/mol. The van der Waals surface area contributed by atoms with Gasteiger partial charge in [-0.1, -0.05) is 6.08 Å². The SMILES string of the molecule is COC(=O)/C=C/CCNC(=O)CNc1ccc(C(F)(F)F)cn1. The maximum Gasteiger partial charge on any atom is 0.417 e. The van der Waals surface area contributed by atoms with Crippen LogP contribution in [-0.2, 0) is 20.5 Å². The van der Waals surface area contributed by atoms with Gasteiger partial charge < -0.3 is 15.4 Å². The molecular formula is C14H16F3N3O3. The van der Waals surface area contributed by atoms with E-state index in [0.29, 0.717) is 19.2 Å². The number of anilines is 1. The zero-order valence-corrected chi connectivity index (χ0v) is 12.3. The van der Waals surface area contributed by atoms with Gasteiger partial charge in [0.2, 0.25) is 5.91 Å². The van der Waals surface area contributed by atoms with Crippen molar-refractivity contribution in [1.82, 2.24) is 10.3 Å². The summed E-state index contributed by atoms with van der Waals surface area (Å²) in [5.74, 6) is -0.664. The number of esters is 1. The van der Waals surface area contributed by atoms with Crippen LogP contribution in [0.2, 0.25) is 0 Å². The van der Waals surface area contributed by atoms with Crippen LogP contribution in [0.15, 0.2) is 30.5 Å². The maximum absolute atomic E-state index is 12.3. The standard InChI is InChI=1S/C14H16F3N3O3/c1-23-13(22)4-2-3-7-18-12(21)9-20-11-6-5-10(8-19-11)14(15,16)17/h2,4-6,8H,3,7,9H2,1H3,(H,18,21)(H,19,20)/b4-2+. The molecule has 0 radical (unpaired) electrons. The molecule has 0 unspecified atom stereocenters. The Hall–Kier alpha value is -2.58. The monoisotopic (exact) mass is 331 g/mol. The third kappa shape index (κ3) is 7.30. The lowest BCUT2D eigenvalue weighted by atomic mass is 10.3. The van der Waals surface area contributed by atoms with Crippen LogP contribution < -0.4 is 10.6 Å². The van der Waals surface area contributed by atoms with Crippen molar-refractivity contribution >= 4 is 17.7 Å². The van der Waals surface area contributed by atoms with Crippen molar-refractivity contribution in [1.29, 1.82) is 0 Å². The van der Waals surface area contributed by atoms with Crippen molar-refractivity contribution in [3.63, 3.8) is 0 Å². The minimum absolute atomic E-state index is 0.126. The molecule has 0 aliphatic rings. The molecule has 9 heteroatoms. The number of rotatable bonds is 7. The van der Waals surface area contributed by atoms with E-state index < -0.39 is 17.7 Å². The van der Waals surface area contributed by atoms with Crippen LogP contribution in [0, 0.1) is 0 Å². The molecule has 0 saturated heterocycles. The fraction of sp³-hybridized carbons (Fsp3) is 0.357. The summed E-state index contributed by atoms with van der Waals surface area (Å²) in [6.45, 7) is 0.188. The summed E-state index contributed by atoms with van der Waals surface area (Å²) in [4.78, 5) is 25.9. The number of halogens is 3. The Morgan fingerprint density at radius 2 is 2.09 bits per heavy atom. The van der Waals surface area contributed by atoms with Gasteiger partial charge in [0, 0.05) is 18.8 Å². The first-order chi connectivity index (χ1) is 10.8. The van der Waals surface area contributed by atoms with E-state index in [9.17, 15) is 22.8 Å². The number of nitrogens with one attached hydrogen (secondary N) is 2. The van der Waals surface area contributed by atoms with Crippen molar-refractivity contribution in [2.45, 2.75) is 12.6 Å². The predicted molar refractivity (Wildman–Crippen MR) is 76.5 cm³/mol. The number of carbonyl (C=O) groups excluding carboxylic acids is 2. The van der Waals surface area contributed by atoms with Crippen LogP contribution in [0.25, 0.3) is 0 Å². The Balaban J connectivity index is 2.28. The second kappa shape index (κ2) is 8.76. The fourth-order valence-corrected chi connectivity index (χ4v) is 1.44. The molecule has 0 fully saturated rings. The van der Waals surface area contributed by atoms with E-state index in [1.807, 2.05) is 0 Å². The molecule has 0 aromatic carbocycles. The van der Waals surface area contributed by atoms with Crippen molar-refractivity contribution < 1.29 is 27.5 Å². The van der Waals surface area contributed by atoms with Gasteiger partial charge in [-0.15, -0.1) is 0 Å². The first kappa shape index (κ1) is 18.5. The van der Waals surface area contributed by atoms with E-state index in [-0.39, 0.29) is 18.3 Å². The minimum atomic E-state index is -4.44. The summed E-state index contributed by atoms with van der Waals surface area (Å²) < 4.78 is 41.4. The summed E-state index contributed by atoms with van der Waals surface area (Å²) in [7, 11) is 1.26. The second-order valence-corrected chi connectivity index (χ2v) is 4.35. The molecule has 0 spiro atoms. The van der Waals surface area contributed by atoms with Crippen molar-refractivity contribution in [3.05, 3.63) is 36.0 Å². The number of alkyl halides is 3. The molecule has 0 saturated carbocycles. The molecule has 1 aromatic rings. The highest BCUT2D eigenvalue weighted by molar-refractivity contribution is 5.82. The van der Waals surface area contributed by atoms with Crippen LogP contribution in [0.4, 0.5) is 19.0 Å². The van der Waals surface area contributed by atoms with Crippen molar-refractivity contribution in [2.24, 2.45) is 0 Å². The number of hydrogen-bond donors (Lipinski definition) is 2. The van der Waals surface area contributed by atoms with Gasteiger partial charge in [0.05, 0.1) is 19.2 Å². The number of hydrogen-bond acceptors (Lipinski definition) is 5. The van der Waals surface area contributed by atoms with Crippen LogP contribution in [0.3, 0.4) is 0 Å². The van der Waals surface area contributed by atoms with Crippen LogP contribution in [0.1, 0.15) is 12.0 Å². The highest BCUT2D eigenvalue weighted by Crippen LogP contribution is 2.28. The lowest BCUT2D eigenvalue weighted by molar-refractivity contribution is -0.138. The molecule has 23 heavy (non-hydrogen) atoms. The third-order valence-electron chi connectivity index (χ3n) is 2.61. The van der Waals surface area contributed by atoms with E-state index in [2.05, 4.69) is 20.4 Å².